The van der Waals surface area contributed by atoms with E-state index in [1.54, 1.807) is 0 Å². The van der Waals surface area contributed by atoms with Crippen LogP contribution in [0.25, 0.3) is 0 Å². The van der Waals surface area contributed by atoms with Crippen LogP contribution in [0.2, 0.25) is 0 Å². The van der Waals surface area contributed by atoms with Crippen molar-refractivity contribution in [2.75, 3.05) is 0 Å². The van der Waals surface area contributed by atoms with Gasteiger partial charge in [-0.05, 0) is 31.6 Å². The van der Waals surface area contributed by atoms with Gasteiger partial charge in [0, 0.05) is 0 Å². The first-order valence-corrected chi connectivity index (χ1v) is 4.93. The Morgan fingerprint density at radius 2 is 2.27 bits per heavy atom. The molecular formula is C11H19. The van der Waals surface area contributed by atoms with Crippen LogP contribution in [0.3, 0.4) is 0 Å². The number of allylic oxidation sites excluding steroid dienone is 2. The molecule has 0 N–H and O–H groups in total. The van der Waals surface area contributed by atoms with Gasteiger partial charge in [-0.2, -0.15) is 0 Å². The molecule has 0 amide bonds. The maximum Gasteiger partial charge on any atom is -0.0202 e. The lowest BCUT2D eigenvalue weighted by atomic mass is 9.93. The molecule has 0 aromatic heterocycles. The van der Waals surface area contributed by atoms with E-state index in [0.717, 1.165) is 5.92 Å². The minimum atomic E-state index is 0.778. The molecule has 0 aliphatic heterocycles. The Morgan fingerprint density at radius 3 is 3.09 bits per heavy atom. The van der Waals surface area contributed by atoms with Gasteiger partial charge < -0.3 is 0 Å². The Bertz CT molecular complexity index is 113. The van der Waals surface area contributed by atoms with Crippen molar-refractivity contribution in [2.45, 2.75) is 45.4 Å². The molecule has 1 rings (SSSR count). The van der Waals surface area contributed by atoms with Crippen LogP contribution in [-0.4, -0.2) is 0 Å². The first-order chi connectivity index (χ1) is 5.43. The molecule has 63 valence electrons. The first kappa shape index (κ1) is 8.83. The summed E-state index contributed by atoms with van der Waals surface area (Å²) in [5, 5.41) is 0. The standard InChI is InChI=1S/C11H19/c1-2-8-11-9-6-4-3-5-7-10-11/h6,8-9,11H,2-5,7,10H2,1H3/b9-6-. The van der Waals surface area contributed by atoms with Gasteiger partial charge in [0.2, 0.25) is 0 Å². The SMILES string of the molecule is CC[CH]C1/C=C\CCCCC1. The lowest BCUT2D eigenvalue weighted by molar-refractivity contribution is 0.554. The zero-order chi connectivity index (χ0) is 7.94. The molecule has 0 nitrogen and oxygen atoms in total. The van der Waals surface area contributed by atoms with Crippen molar-refractivity contribution >= 4 is 0 Å². The fourth-order valence-corrected chi connectivity index (χ4v) is 1.69. The van der Waals surface area contributed by atoms with Crippen LogP contribution in [0, 0.1) is 12.3 Å². The van der Waals surface area contributed by atoms with Crippen LogP contribution in [0.1, 0.15) is 45.4 Å². The van der Waals surface area contributed by atoms with Gasteiger partial charge >= 0.3 is 0 Å². The fourth-order valence-electron chi connectivity index (χ4n) is 1.69. The normalized spacial score (nSPS) is 29.0. The highest BCUT2D eigenvalue weighted by Gasteiger charge is 2.04. The molecule has 0 spiro atoms. The van der Waals surface area contributed by atoms with Gasteiger partial charge in [-0.25, -0.2) is 0 Å². The van der Waals surface area contributed by atoms with Crippen LogP contribution in [-0.2, 0) is 0 Å². The minimum Gasteiger partial charge on any atom is -0.0882 e. The van der Waals surface area contributed by atoms with Crippen molar-refractivity contribution in [3.63, 3.8) is 0 Å². The predicted molar refractivity (Wildman–Crippen MR) is 50.3 cm³/mol. The van der Waals surface area contributed by atoms with E-state index in [4.69, 9.17) is 0 Å². The highest BCUT2D eigenvalue weighted by molar-refractivity contribution is 4.95. The van der Waals surface area contributed by atoms with E-state index in [1.165, 1.54) is 38.5 Å². The largest absolute Gasteiger partial charge is 0.0882 e. The van der Waals surface area contributed by atoms with Gasteiger partial charge in [-0.15, -0.1) is 0 Å². The third-order valence-electron chi connectivity index (χ3n) is 2.33. The van der Waals surface area contributed by atoms with Crippen LogP contribution < -0.4 is 0 Å². The molecule has 1 atom stereocenters. The predicted octanol–water partition coefficient (Wildman–Crippen LogP) is 3.74. The lowest BCUT2D eigenvalue weighted by Crippen LogP contribution is -1.98. The summed E-state index contributed by atoms with van der Waals surface area (Å²) < 4.78 is 0. The molecule has 0 heteroatoms. The lowest BCUT2D eigenvalue weighted by Gasteiger charge is -2.13. The smallest absolute Gasteiger partial charge is 0.0202 e. The second-order valence-corrected chi connectivity index (χ2v) is 3.37. The summed E-state index contributed by atoms with van der Waals surface area (Å²) in [6, 6.07) is 0. The quantitative estimate of drug-likeness (QED) is 0.527. The maximum absolute atomic E-state index is 2.43. The average Bonchev–Trinajstić information content (AvgIpc) is 1.94. The van der Waals surface area contributed by atoms with Crippen molar-refractivity contribution in [2.24, 2.45) is 5.92 Å². The third kappa shape index (κ3) is 3.60. The molecule has 0 aromatic carbocycles. The van der Waals surface area contributed by atoms with E-state index in [0.29, 0.717) is 0 Å². The maximum atomic E-state index is 2.43. The van der Waals surface area contributed by atoms with Crippen molar-refractivity contribution in [1.29, 1.82) is 0 Å². The number of hydrogen-bond donors (Lipinski definition) is 0. The van der Waals surface area contributed by atoms with Crippen molar-refractivity contribution in [3.05, 3.63) is 18.6 Å². The molecule has 0 aromatic rings. The molecule has 1 aliphatic carbocycles. The summed E-state index contributed by atoms with van der Waals surface area (Å²) >= 11 is 0. The van der Waals surface area contributed by atoms with Gasteiger partial charge in [-0.3, -0.25) is 0 Å². The molecular weight excluding hydrogens is 132 g/mol. The molecule has 0 saturated carbocycles. The summed E-state index contributed by atoms with van der Waals surface area (Å²) in [6.45, 7) is 2.23. The minimum absolute atomic E-state index is 0.778. The van der Waals surface area contributed by atoms with E-state index in [1.807, 2.05) is 0 Å². The van der Waals surface area contributed by atoms with Gasteiger partial charge in [-0.1, -0.05) is 38.3 Å². The highest BCUT2D eigenvalue weighted by atomic mass is 14.1. The van der Waals surface area contributed by atoms with Gasteiger partial charge in [0.25, 0.3) is 0 Å². The van der Waals surface area contributed by atoms with Crippen LogP contribution in [0.5, 0.6) is 0 Å². The Balaban J connectivity index is 2.29. The Labute approximate surface area is 70.7 Å². The molecule has 0 saturated heterocycles. The summed E-state index contributed by atoms with van der Waals surface area (Å²) in [7, 11) is 0. The number of rotatable bonds is 2. The van der Waals surface area contributed by atoms with Gasteiger partial charge in [0.15, 0.2) is 0 Å². The van der Waals surface area contributed by atoms with Crippen LogP contribution in [0.15, 0.2) is 12.2 Å². The zero-order valence-corrected chi connectivity index (χ0v) is 7.55. The average molecular weight is 151 g/mol. The third-order valence-corrected chi connectivity index (χ3v) is 2.33. The van der Waals surface area contributed by atoms with Crippen LogP contribution in [0.4, 0.5) is 0 Å². The zero-order valence-electron chi connectivity index (χ0n) is 7.55. The fraction of sp³-hybridized carbons (Fsp3) is 0.727. The molecule has 0 bridgehead atoms. The Kier molecular flexibility index (Phi) is 4.33. The second-order valence-electron chi connectivity index (χ2n) is 3.37. The topological polar surface area (TPSA) is 0 Å². The van der Waals surface area contributed by atoms with Crippen molar-refractivity contribution in [1.82, 2.24) is 0 Å². The van der Waals surface area contributed by atoms with E-state index in [-0.39, 0.29) is 0 Å². The second kappa shape index (κ2) is 5.40. The van der Waals surface area contributed by atoms with E-state index in [2.05, 4.69) is 25.5 Å². The summed E-state index contributed by atoms with van der Waals surface area (Å²) in [6.07, 6.45) is 15.3. The van der Waals surface area contributed by atoms with Crippen molar-refractivity contribution in [3.8, 4) is 0 Å². The van der Waals surface area contributed by atoms with E-state index in [9.17, 15) is 0 Å². The molecule has 1 unspecified atom stereocenters. The van der Waals surface area contributed by atoms with E-state index >= 15 is 0 Å². The molecule has 1 radical (unpaired) electrons. The molecule has 1 aliphatic rings. The molecule has 11 heavy (non-hydrogen) atoms. The van der Waals surface area contributed by atoms with Gasteiger partial charge in [0.1, 0.15) is 0 Å². The first-order valence-electron chi connectivity index (χ1n) is 4.93. The molecule has 0 heterocycles. The summed E-state index contributed by atoms with van der Waals surface area (Å²) in [5.41, 5.74) is 0. The van der Waals surface area contributed by atoms with Crippen LogP contribution >= 0.6 is 0 Å². The molecule has 0 fully saturated rings. The summed E-state index contributed by atoms with van der Waals surface area (Å²) in [5.74, 6) is 0.778. The van der Waals surface area contributed by atoms with E-state index < -0.39 is 0 Å². The van der Waals surface area contributed by atoms with Gasteiger partial charge in [0.05, 0.1) is 0 Å². The Morgan fingerprint density at radius 1 is 1.36 bits per heavy atom. The van der Waals surface area contributed by atoms with Crippen molar-refractivity contribution < 1.29 is 0 Å². The highest BCUT2D eigenvalue weighted by Crippen LogP contribution is 2.19. The number of hydrogen-bond acceptors (Lipinski definition) is 0. The monoisotopic (exact) mass is 151 g/mol. The Hall–Kier alpha value is -0.260. The summed E-state index contributed by atoms with van der Waals surface area (Å²) in [4.78, 5) is 0.